The van der Waals surface area contributed by atoms with E-state index in [2.05, 4.69) is 20.9 Å². The molecule has 1 saturated heterocycles. The number of carbonyl (C=O) groups excluding carboxylic acids is 2. The lowest BCUT2D eigenvalue weighted by Crippen LogP contribution is -2.29. The Balaban J connectivity index is 1.83. The summed E-state index contributed by atoms with van der Waals surface area (Å²) in [5.41, 5.74) is 1.87. The largest absolute Gasteiger partial charge is 0.507 e. The van der Waals surface area contributed by atoms with Crippen molar-refractivity contribution in [3.05, 3.63) is 93.7 Å². The number of benzene rings is 2. The first kappa shape index (κ1) is 22.5. The number of aromatic nitrogens is 1. The van der Waals surface area contributed by atoms with Gasteiger partial charge in [-0.15, -0.1) is 0 Å². The lowest BCUT2D eigenvalue weighted by atomic mass is 9.96. The first-order chi connectivity index (χ1) is 15.9. The summed E-state index contributed by atoms with van der Waals surface area (Å²) in [4.78, 5) is 31.8. The number of hydrogen-bond acceptors (Lipinski definition) is 6. The Kier molecular flexibility index (Phi) is 6.46. The number of halogens is 1. The number of rotatable bonds is 6. The Morgan fingerprint density at radius 3 is 2.48 bits per heavy atom. The standard InChI is InChI=1S/C25H21BrN2O5/c1-32-18-5-3-4-15(12-18)14-28-22(16-8-10-27-11-9-16)21(24(30)25(28)31)23(29)17-6-7-20(33-2)19(26)13-17/h3-13,22,29H,14H2,1-2H3/b23-21-. The topological polar surface area (TPSA) is 89.0 Å². The zero-order chi connectivity index (χ0) is 23.5. The van der Waals surface area contributed by atoms with Crippen LogP contribution in [0.15, 0.2) is 77.0 Å². The molecule has 1 atom stereocenters. The Hall–Kier alpha value is -3.65. The third-order valence-electron chi connectivity index (χ3n) is 5.47. The minimum atomic E-state index is -0.778. The fourth-order valence-electron chi connectivity index (χ4n) is 3.87. The van der Waals surface area contributed by atoms with Crippen molar-refractivity contribution in [2.45, 2.75) is 12.6 Å². The molecule has 0 saturated carbocycles. The fourth-order valence-corrected chi connectivity index (χ4v) is 4.41. The predicted molar refractivity (Wildman–Crippen MR) is 126 cm³/mol. The van der Waals surface area contributed by atoms with E-state index < -0.39 is 17.7 Å². The maximum Gasteiger partial charge on any atom is 0.295 e. The number of ketones is 1. The van der Waals surface area contributed by atoms with Gasteiger partial charge in [0.15, 0.2) is 0 Å². The van der Waals surface area contributed by atoms with Crippen LogP contribution < -0.4 is 9.47 Å². The highest BCUT2D eigenvalue weighted by atomic mass is 79.9. The molecule has 7 nitrogen and oxygen atoms in total. The summed E-state index contributed by atoms with van der Waals surface area (Å²) in [6.45, 7) is 0.165. The van der Waals surface area contributed by atoms with Crippen LogP contribution in [0.25, 0.3) is 5.76 Å². The van der Waals surface area contributed by atoms with Crippen molar-refractivity contribution in [3.8, 4) is 11.5 Å². The summed E-state index contributed by atoms with van der Waals surface area (Å²) in [5.74, 6) is -0.465. The van der Waals surface area contributed by atoms with E-state index in [1.807, 2.05) is 18.2 Å². The molecule has 33 heavy (non-hydrogen) atoms. The van der Waals surface area contributed by atoms with Gasteiger partial charge in [-0.2, -0.15) is 0 Å². The van der Waals surface area contributed by atoms with Gasteiger partial charge in [0.1, 0.15) is 17.3 Å². The number of ether oxygens (including phenoxy) is 2. The van der Waals surface area contributed by atoms with Crippen LogP contribution >= 0.6 is 15.9 Å². The van der Waals surface area contributed by atoms with Crippen LogP contribution in [-0.2, 0) is 16.1 Å². The Morgan fingerprint density at radius 1 is 1.06 bits per heavy atom. The summed E-state index contributed by atoms with van der Waals surface area (Å²) in [5, 5.41) is 11.2. The molecule has 0 aliphatic carbocycles. The van der Waals surface area contributed by atoms with E-state index in [1.165, 1.54) is 12.0 Å². The SMILES string of the molecule is COc1cccc(CN2C(=O)C(=O)/C(=C(\O)c3ccc(OC)c(Br)c3)C2c2ccncc2)c1. The molecule has 1 N–H and O–H groups in total. The second-order valence-corrected chi connectivity index (χ2v) is 8.26. The van der Waals surface area contributed by atoms with Crippen molar-refractivity contribution in [1.29, 1.82) is 0 Å². The number of pyridine rings is 1. The van der Waals surface area contributed by atoms with Gasteiger partial charge >= 0.3 is 0 Å². The molecule has 168 valence electrons. The smallest absolute Gasteiger partial charge is 0.295 e. The number of nitrogens with zero attached hydrogens (tertiary/aromatic N) is 2. The molecule has 1 fully saturated rings. The predicted octanol–water partition coefficient (Wildman–Crippen LogP) is 4.48. The second kappa shape index (κ2) is 9.46. The minimum absolute atomic E-state index is 0.0196. The van der Waals surface area contributed by atoms with Crippen molar-refractivity contribution in [3.63, 3.8) is 0 Å². The number of aliphatic hydroxyl groups is 1. The number of hydrogen-bond donors (Lipinski definition) is 1. The second-order valence-electron chi connectivity index (χ2n) is 7.41. The summed E-state index contributed by atoms with van der Waals surface area (Å²) in [6.07, 6.45) is 3.18. The molecule has 2 aromatic carbocycles. The van der Waals surface area contributed by atoms with Crippen LogP contribution in [0.1, 0.15) is 22.7 Å². The third-order valence-corrected chi connectivity index (χ3v) is 6.09. The van der Waals surface area contributed by atoms with E-state index in [0.717, 1.165) is 5.56 Å². The average Bonchev–Trinajstić information content (AvgIpc) is 3.09. The third kappa shape index (κ3) is 4.34. The van der Waals surface area contributed by atoms with Crippen molar-refractivity contribution < 1.29 is 24.2 Å². The molecule has 0 bridgehead atoms. The van der Waals surface area contributed by atoms with Gasteiger partial charge in [0.05, 0.1) is 30.3 Å². The van der Waals surface area contributed by atoms with E-state index in [9.17, 15) is 14.7 Å². The number of aliphatic hydroxyl groups excluding tert-OH is 1. The molecule has 8 heteroatoms. The highest BCUT2D eigenvalue weighted by molar-refractivity contribution is 9.10. The van der Waals surface area contributed by atoms with E-state index in [0.29, 0.717) is 27.1 Å². The summed E-state index contributed by atoms with van der Waals surface area (Å²) in [6, 6.07) is 14.9. The Labute approximate surface area is 199 Å². The molecule has 4 rings (SSSR count). The lowest BCUT2D eigenvalue weighted by molar-refractivity contribution is -0.140. The Bertz CT molecular complexity index is 1240. The summed E-state index contributed by atoms with van der Waals surface area (Å²) in [7, 11) is 3.10. The van der Waals surface area contributed by atoms with Crippen LogP contribution in [0.4, 0.5) is 0 Å². The number of carbonyl (C=O) groups is 2. The molecule has 1 aliphatic rings. The molecule has 1 aliphatic heterocycles. The number of methoxy groups -OCH3 is 2. The summed E-state index contributed by atoms with van der Waals surface area (Å²) >= 11 is 3.40. The van der Waals surface area contributed by atoms with Gasteiger partial charge in [-0.1, -0.05) is 12.1 Å². The molecule has 1 amide bonds. The van der Waals surface area contributed by atoms with Crippen molar-refractivity contribution in [1.82, 2.24) is 9.88 Å². The molecular formula is C25H21BrN2O5. The normalized spacial score (nSPS) is 17.3. The first-order valence-corrected chi connectivity index (χ1v) is 10.9. The highest BCUT2D eigenvalue weighted by Crippen LogP contribution is 2.41. The molecule has 0 spiro atoms. The van der Waals surface area contributed by atoms with Gasteiger partial charge in [0.25, 0.3) is 11.7 Å². The van der Waals surface area contributed by atoms with E-state index in [4.69, 9.17) is 9.47 Å². The van der Waals surface area contributed by atoms with Gasteiger partial charge < -0.3 is 19.5 Å². The molecule has 2 heterocycles. The maximum atomic E-state index is 13.1. The van der Waals surface area contributed by atoms with Gasteiger partial charge in [0.2, 0.25) is 0 Å². The monoisotopic (exact) mass is 508 g/mol. The molecule has 1 unspecified atom stereocenters. The minimum Gasteiger partial charge on any atom is -0.507 e. The van der Waals surface area contributed by atoms with Gasteiger partial charge in [-0.3, -0.25) is 14.6 Å². The number of Topliss-reactive ketones (excluding diaryl/α,β-unsaturated/α-hetero) is 1. The fraction of sp³-hybridized carbons (Fsp3) is 0.160. The van der Waals surface area contributed by atoms with Crippen LogP contribution in [0.3, 0.4) is 0 Å². The van der Waals surface area contributed by atoms with Crippen LogP contribution in [0.5, 0.6) is 11.5 Å². The van der Waals surface area contributed by atoms with Crippen LogP contribution in [0, 0.1) is 0 Å². The summed E-state index contributed by atoms with van der Waals surface area (Å²) < 4.78 is 11.1. The number of amides is 1. The molecule has 3 aromatic rings. The van der Waals surface area contributed by atoms with Gasteiger partial charge in [-0.25, -0.2) is 0 Å². The number of likely N-dealkylation sites (tertiary alicyclic amines) is 1. The molecular weight excluding hydrogens is 488 g/mol. The highest BCUT2D eigenvalue weighted by Gasteiger charge is 2.46. The van der Waals surface area contributed by atoms with E-state index in [-0.39, 0.29) is 17.9 Å². The Morgan fingerprint density at radius 2 is 1.82 bits per heavy atom. The van der Waals surface area contributed by atoms with Crippen molar-refractivity contribution in [2.24, 2.45) is 0 Å². The zero-order valence-electron chi connectivity index (χ0n) is 18.0. The van der Waals surface area contributed by atoms with Gasteiger partial charge in [-0.05, 0) is 69.5 Å². The van der Waals surface area contributed by atoms with E-state index >= 15 is 0 Å². The average molecular weight is 509 g/mol. The van der Waals surface area contributed by atoms with Gasteiger partial charge in [0, 0.05) is 24.5 Å². The van der Waals surface area contributed by atoms with Crippen LogP contribution in [0.2, 0.25) is 0 Å². The van der Waals surface area contributed by atoms with Crippen molar-refractivity contribution in [2.75, 3.05) is 14.2 Å². The first-order valence-electron chi connectivity index (χ1n) is 10.1. The van der Waals surface area contributed by atoms with E-state index in [1.54, 1.807) is 55.9 Å². The van der Waals surface area contributed by atoms with Crippen LogP contribution in [-0.4, -0.2) is 40.9 Å². The van der Waals surface area contributed by atoms with Crippen molar-refractivity contribution >= 4 is 33.4 Å². The zero-order valence-corrected chi connectivity index (χ0v) is 19.6. The molecule has 0 radical (unpaired) electrons. The quantitative estimate of drug-likeness (QED) is 0.300. The molecule has 1 aromatic heterocycles. The lowest BCUT2D eigenvalue weighted by Gasteiger charge is -2.25. The maximum absolute atomic E-state index is 13.1.